The quantitative estimate of drug-likeness (QED) is 0.477. The first-order valence-electron chi connectivity index (χ1n) is 8.26. The lowest BCUT2D eigenvalue weighted by atomic mass is 10.2. The van der Waals surface area contributed by atoms with Crippen LogP contribution in [0.2, 0.25) is 10.0 Å². The van der Waals surface area contributed by atoms with E-state index in [4.69, 9.17) is 39.8 Å². The Bertz CT molecular complexity index is 1120. The summed E-state index contributed by atoms with van der Waals surface area (Å²) in [5, 5.41) is 1.03. The Kier molecular flexibility index (Phi) is 5.35. The van der Waals surface area contributed by atoms with Crippen LogP contribution < -0.4 is 0 Å². The molecule has 1 atom stereocenters. The molecule has 2 aliphatic rings. The van der Waals surface area contributed by atoms with Crippen LogP contribution in [-0.4, -0.2) is 41.1 Å². The number of thiocarbonyl (C=S) groups is 1. The van der Waals surface area contributed by atoms with Crippen LogP contribution in [0.25, 0.3) is 17.4 Å². The minimum absolute atomic E-state index is 0.0507. The fourth-order valence-corrected chi connectivity index (χ4v) is 6.63. The molecule has 2 saturated heterocycles. The summed E-state index contributed by atoms with van der Waals surface area (Å²) in [4.78, 5) is 14.6. The van der Waals surface area contributed by atoms with Gasteiger partial charge >= 0.3 is 0 Å². The summed E-state index contributed by atoms with van der Waals surface area (Å²) < 4.78 is 29.6. The third-order valence-electron chi connectivity index (χ3n) is 4.49. The van der Waals surface area contributed by atoms with Crippen molar-refractivity contribution in [2.45, 2.75) is 12.5 Å². The van der Waals surface area contributed by atoms with Crippen molar-refractivity contribution in [3.05, 3.63) is 51.0 Å². The molecule has 0 spiro atoms. The highest BCUT2D eigenvalue weighted by Gasteiger charge is 2.42. The van der Waals surface area contributed by atoms with Gasteiger partial charge in [-0.15, -0.1) is 0 Å². The second kappa shape index (κ2) is 7.50. The fourth-order valence-electron chi connectivity index (χ4n) is 3.16. The summed E-state index contributed by atoms with van der Waals surface area (Å²) in [5.74, 6) is 0.721. The molecule has 5 nitrogen and oxygen atoms in total. The third kappa shape index (κ3) is 3.89. The van der Waals surface area contributed by atoms with Crippen LogP contribution >= 0.6 is 47.2 Å². The predicted octanol–water partition coefficient (Wildman–Crippen LogP) is 4.64. The standard InChI is InChI=1S/C18H13Cl2NO4S3/c19-10-1-3-14(20)13(7-10)15-4-2-12(25-15)8-16-17(22)21(18(26)27-16)11-5-6-28(23,24)9-11/h1-4,7-8,11H,5-6,9H2/b16-8-/t11-/m0/s1. The topological polar surface area (TPSA) is 67.6 Å². The van der Waals surface area contributed by atoms with E-state index < -0.39 is 15.9 Å². The second-order valence-corrected chi connectivity index (χ2v) is 11.2. The Balaban J connectivity index is 1.59. The van der Waals surface area contributed by atoms with Gasteiger partial charge in [0.15, 0.2) is 9.84 Å². The van der Waals surface area contributed by atoms with Gasteiger partial charge in [0, 0.05) is 16.7 Å². The molecule has 1 aromatic carbocycles. The Labute approximate surface area is 181 Å². The molecule has 2 fully saturated rings. The number of hydrogen-bond donors (Lipinski definition) is 0. The zero-order valence-electron chi connectivity index (χ0n) is 14.2. The number of benzene rings is 1. The van der Waals surface area contributed by atoms with Crippen LogP contribution in [0.3, 0.4) is 0 Å². The molecule has 0 radical (unpaired) electrons. The van der Waals surface area contributed by atoms with Gasteiger partial charge in [-0.05, 0) is 36.8 Å². The molecule has 2 aromatic rings. The Morgan fingerprint density at radius 3 is 2.75 bits per heavy atom. The largest absolute Gasteiger partial charge is 0.457 e. The fraction of sp³-hybridized carbons (Fsp3) is 0.222. The van der Waals surface area contributed by atoms with Crippen molar-refractivity contribution in [1.82, 2.24) is 4.90 Å². The lowest BCUT2D eigenvalue weighted by Crippen LogP contribution is -2.39. The van der Waals surface area contributed by atoms with E-state index in [0.29, 0.717) is 42.8 Å². The van der Waals surface area contributed by atoms with Crippen molar-refractivity contribution < 1.29 is 17.6 Å². The summed E-state index contributed by atoms with van der Waals surface area (Å²) in [5.41, 5.74) is 0.650. The molecule has 0 saturated carbocycles. The van der Waals surface area contributed by atoms with Gasteiger partial charge < -0.3 is 4.42 Å². The summed E-state index contributed by atoms with van der Waals surface area (Å²) in [6.45, 7) is 0. The predicted molar refractivity (Wildman–Crippen MR) is 116 cm³/mol. The maximum absolute atomic E-state index is 12.8. The first-order chi connectivity index (χ1) is 13.2. The van der Waals surface area contributed by atoms with Crippen LogP contribution in [-0.2, 0) is 14.6 Å². The number of furan rings is 1. The highest BCUT2D eigenvalue weighted by atomic mass is 35.5. The van der Waals surface area contributed by atoms with E-state index in [9.17, 15) is 13.2 Å². The molecular formula is C18H13Cl2NO4S3. The van der Waals surface area contributed by atoms with Gasteiger partial charge in [0.25, 0.3) is 5.91 Å². The van der Waals surface area contributed by atoms with Crippen LogP contribution in [0.5, 0.6) is 0 Å². The summed E-state index contributed by atoms with van der Waals surface area (Å²) in [6.07, 6.45) is 2.00. The minimum Gasteiger partial charge on any atom is -0.457 e. The number of hydrogen-bond acceptors (Lipinski definition) is 6. The highest BCUT2D eigenvalue weighted by molar-refractivity contribution is 8.26. The Morgan fingerprint density at radius 2 is 2.04 bits per heavy atom. The van der Waals surface area contributed by atoms with Gasteiger partial charge in [-0.3, -0.25) is 9.69 Å². The second-order valence-electron chi connectivity index (χ2n) is 6.43. The molecule has 0 N–H and O–H groups in total. The number of sulfone groups is 1. The molecule has 2 aliphatic heterocycles. The van der Waals surface area contributed by atoms with Crippen LogP contribution in [0, 0.1) is 0 Å². The minimum atomic E-state index is -3.12. The van der Waals surface area contributed by atoms with E-state index >= 15 is 0 Å². The smallest absolute Gasteiger partial charge is 0.266 e. The molecule has 28 heavy (non-hydrogen) atoms. The van der Waals surface area contributed by atoms with Crippen molar-refractivity contribution in [3.8, 4) is 11.3 Å². The SMILES string of the molecule is O=C1/C(=C/c2ccc(-c3cc(Cl)ccc3Cl)o2)SC(=S)N1[C@H]1CCS(=O)(=O)C1. The summed E-state index contributed by atoms with van der Waals surface area (Å²) >= 11 is 18.7. The van der Waals surface area contributed by atoms with E-state index in [-0.39, 0.29) is 17.4 Å². The van der Waals surface area contributed by atoms with E-state index in [1.807, 2.05) is 0 Å². The van der Waals surface area contributed by atoms with Crippen molar-refractivity contribution in [2.24, 2.45) is 0 Å². The molecule has 1 amide bonds. The highest BCUT2D eigenvalue weighted by Crippen LogP contribution is 2.37. The average Bonchev–Trinajstić information content (AvgIpc) is 3.29. The number of nitrogens with zero attached hydrogens (tertiary/aromatic N) is 1. The summed E-state index contributed by atoms with van der Waals surface area (Å²) in [7, 11) is -3.12. The van der Waals surface area contributed by atoms with E-state index in [0.717, 1.165) is 11.8 Å². The first-order valence-corrected chi connectivity index (χ1v) is 12.1. The number of rotatable bonds is 3. The van der Waals surface area contributed by atoms with Gasteiger partial charge in [-0.2, -0.15) is 0 Å². The third-order valence-corrected chi connectivity index (χ3v) is 8.14. The van der Waals surface area contributed by atoms with Crippen molar-refractivity contribution in [3.63, 3.8) is 0 Å². The lowest BCUT2D eigenvalue weighted by Gasteiger charge is -2.20. The Hall–Kier alpha value is -1.32. The molecule has 1 aromatic heterocycles. The maximum atomic E-state index is 12.8. The lowest BCUT2D eigenvalue weighted by molar-refractivity contribution is -0.123. The van der Waals surface area contributed by atoms with E-state index in [2.05, 4.69) is 0 Å². The zero-order chi connectivity index (χ0) is 20.1. The van der Waals surface area contributed by atoms with Crippen molar-refractivity contribution in [2.75, 3.05) is 11.5 Å². The van der Waals surface area contributed by atoms with E-state index in [1.54, 1.807) is 36.4 Å². The van der Waals surface area contributed by atoms with Crippen molar-refractivity contribution in [1.29, 1.82) is 0 Å². The van der Waals surface area contributed by atoms with Crippen LogP contribution in [0.15, 0.2) is 39.7 Å². The number of thioether (sulfide) groups is 1. The number of carbonyl (C=O) groups excluding carboxylic acids is 1. The van der Waals surface area contributed by atoms with Crippen LogP contribution in [0.4, 0.5) is 0 Å². The average molecular weight is 474 g/mol. The normalized spacial score (nSPS) is 23.1. The van der Waals surface area contributed by atoms with Gasteiger partial charge in [-0.25, -0.2) is 8.42 Å². The van der Waals surface area contributed by atoms with Gasteiger partial charge in [0.05, 0.1) is 27.5 Å². The first kappa shape index (κ1) is 20.0. The summed E-state index contributed by atoms with van der Waals surface area (Å²) in [6, 6.07) is 8.13. The number of amides is 1. The maximum Gasteiger partial charge on any atom is 0.266 e. The molecule has 146 valence electrons. The molecular weight excluding hydrogens is 461 g/mol. The molecule has 3 heterocycles. The van der Waals surface area contributed by atoms with Gasteiger partial charge in [0.1, 0.15) is 15.8 Å². The number of halogens is 2. The molecule has 0 unspecified atom stereocenters. The Morgan fingerprint density at radius 1 is 1.25 bits per heavy atom. The number of carbonyl (C=O) groups is 1. The molecule has 0 bridgehead atoms. The van der Waals surface area contributed by atoms with Gasteiger partial charge in [-0.1, -0.05) is 47.2 Å². The molecule has 10 heteroatoms. The van der Waals surface area contributed by atoms with Gasteiger partial charge in [0.2, 0.25) is 0 Å². The molecule has 4 rings (SSSR count). The van der Waals surface area contributed by atoms with E-state index in [1.165, 1.54) is 4.90 Å². The van der Waals surface area contributed by atoms with Crippen LogP contribution in [0.1, 0.15) is 12.2 Å². The monoisotopic (exact) mass is 473 g/mol. The van der Waals surface area contributed by atoms with Crippen molar-refractivity contribution >= 4 is 73.3 Å². The molecule has 0 aliphatic carbocycles. The zero-order valence-corrected chi connectivity index (χ0v) is 18.2.